The van der Waals surface area contributed by atoms with Gasteiger partial charge in [-0.2, -0.15) is 0 Å². The normalized spacial score (nSPS) is 15.7. The molecule has 3 rings (SSSR count). The molecule has 0 spiro atoms. The minimum Gasteiger partial charge on any atom is -0.491 e. The maximum Gasteiger partial charge on any atom is 0.338 e. The SMILES string of the molecule is O=C(COC(=O)c1ccc(OC[C@H]2CCCO2)cc1)NCCc1ccc(Cl)cc1. The fraction of sp³-hybridized carbons (Fsp3) is 0.364. The van der Waals surface area contributed by atoms with Crippen LogP contribution in [0.4, 0.5) is 0 Å². The summed E-state index contributed by atoms with van der Waals surface area (Å²) in [6, 6.07) is 14.1. The van der Waals surface area contributed by atoms with Gasteiger partial charge in [-0.15, -0.1) is 0 Å². The van der Waals surface area contributed by atoms with E-state index < -0.39 is 5.97 Å². The van der Waals surface area contributed by atoms with Gasteiger partial charge < -0.3 is 19.5 Å². The van der Waals surface area contributed by atoms with Gasteiger partial charge in [-0.25, -0.2) is 4.79 Å². The number of nitrogens with one attached hydrogen (secondary N) is 1. The van der Waals surface area contributed by atoms with E-state index in [1.807, 2.05) is 12.1 Å². The number of benzene rings is 2. The van der Waals surface area contributed by atoms with E-state index in [2.05, 4.69) is 5.32 Å². The Hall–Kier alpha value is -2.57. The van der Waals surface area contributed by atoms with Crippen LogP contribution in [0, 0.1) is 0 Å². The molecule has 2 aromatic carbocycles. The molecule has 1 amide bonds. The van der Waals surface area contributed by atoms with Gasteiger partial charge in [0.05, 0.1) is 11.7 Å². The monoisotopic (exact) mass is 417 g/mol. The number of halogens is 1. The molecule has 1 N–H and O–H groups in total. The third kappa shape index (κ3) is 7.07. The number of amides is 1. The Morgan fingerprint density at radius 2 is 1.86 bits per heavy atom. The van der Waals surface area contributed by atoms with E-state index in [9.17, 15) is 9.59 Å². The van der Waals surface area contributed by atoms with E-state index in [0.29, 0.717) is 35.9 Å². The Kier molecular flexibility index (Phi) is 7.90. The van der Waals surface area contributed by atoms with Crippen molar-refractivity contribution in [3.8, 4) is 5.75 Å². The molecule has 0 aromatic heterocycles. The quantitative estimate of drug-likeness (QED) is 0.633. The molecule has 0 radical (unpaired) electrons. The van der Waals surface area contributed by atoms with Gasteiger partial charge in [-0.1, -0.05) is 23.7 Å². The largest absolute Gasteiger partial charge is 0.491 e. The van der Waals surface area contributed by atoms with Crippen molar-refractivity contribution in [2.75, 3.05) is 26.4 Å². The molecule has 2 aromatic rings. The lowest BCUT2D eigenvalue weighted by molar-refractivity contribution is -0.124. The molecule has 0 unspecified atom stereocenters. The first-order valence-electron chi connectivity index (χ1n) is 9.63. The number of rotatable bonds is 9. The maximum absolute atomic E-state index is 12.1. The highest BCUT2D eigenvalue weighted by atomic mass is 35.5. The second-order valence-electron chi connectivity index (χ2n) is 6.77. The zero-order chi connectivity index (χ0) is 20.5. The van der Waals surface area contributed by atoms with Crippen LogP contribution >= 0.6 is 11.6 Å². The van der Waals surface area contributed by atoms with Gasteiger partial charge in [0.15, 0.2) is 6.61 Å². The number of hydrogen-bond acceptors (Lipinski definition) is 5. The Morgan fingerprint density at radius 1 is 1.10 bits per heavy atom. The Labute approximate surface area is 175 Å². The Balaban J connectivity index is 1.34. The smallest absolute Gasteiger partial charge is 0.338 e. The minimum atomic E-state index is -0.552. The van der Waals surface area contributed by atoms with Crippen LogP contribution in [0.2, 0.25) is 5.02 Å². The number of ether oxygens (including phenoxy) is 3. The van der Waals surface area contributed by atoms with E-state index in [0.717, 1.165) is 25.0 Å². The number of esters is 1. The fourth-order valence-electron chi connectivity index (χ4n) is 2.91. The predicted molar refractivity (Wildman–Crippen MR) is 109 cm³/mol. The van der Waals surface area contributed by atoms with Crippen LogP contribution in [0.5, 0.6) is 5.75 Å². The van der Waals surface area contributed by atoms with E-state index in [1.54, 1.807) is 36.4 Å². The molecule has 154 valence electrons. The summed E-state index contributed by atoms with van der Waals surface area (Å²) < 4.78 is 16.2. The van der Waals surface area contributed by atoms with Crippen LogP contribution in [0.15, 0.2) is 48.5 Å². The Bertz CT molecular complexity index is 801. The van der Waals surface area contributed by atoms with Crippen molar-refractivity contribution in [1.82, 2.24) is 5.32 Å². The van der Waals surface area contributed by atoms with Crippen LogP contribution in [-0.2, 0) is 20.7 Å². The van der Waals surface area contributed by atoms with Crippen LogP contribution in [-0.4, -0.2) is 44.3 Å². The van der Waals surface area contributed by atoms with Crippen molar-refractivity contribution < 1.29 is 23.8 Å². The fourth-order valence-corrected chi connectivity index (χ4v) is 3.04. The molecule has 0 bridgehead atoms. The van der Waals surface area contributed by atoms with Crippen molar-refractivity contribution in [2.24, 2.45) is 0 Å². The molecule has 0 saturated carbocycles. The maximum atomic E-state index is 12.1. The van der Waals surface area contributed by atoms with Crippen molar-refractivity contribution in [2.45, 2.75) is 25.4 Å². The van der Waals surface area contributed by atoms with Gasteiger partial charge in [0, 0.05) is 18.2 Å². The average molecular weight is 418 g/mol. The second-order valence-corrected chi connectivity index (χ2v) is 7.21. The molecule has 1 heterocycles. The van der Waals surface area contributed by atoms with Crippen molar-refractivity contribution in [3.05, 3.63) is 64.7 Å². The summed E-state index contributed by atoms with van der Waals surface area (Å²) in [4.78, 5) is 23.9. The van der Waals surface area contributed by atoms with Gasteiger partial charge >= 0.3 is 5.97 Å². The van der Waals surface area contributed by atoms with Crippen LogP contribution < -0.4 is 10.1 Å². The molecule has 1 atom stereocenters. The van der Waals surface area contributed by atoms with Crippen LogP contribution in [0.1, 0.15) is 28.8 Å². The van der Waals surface area contributed by atoms with E-state index in [-0.39, 0.29) is 18.6 Å². The highest BCUT2D eigenvalue weighted by molar-refractivity contribution is 6.30. The molecule has 29 heavy (non-hydrogen) atoms. The van der Waals surface area contributed by atoms with Gasteiger partial charge in [0.1, 0.15) is 12.4 Å². The summed E-state index contributed by atoms with van der Waals surface area (Å²) in [5, 5.41) is 3.40. The number of carbonyl (C=O) groups excluding carboxylic acids is 2. The highest BCUT2D eigenvalue weighted by Crippen LogP contribution is 2.17. The molecular weight excluding hydrogens is 394 g/mol. The van der Waals surface area contributed by atoms with Crippen LogP contribution in [0.25, 0.3) is 0 Å². The van der Waals surface area contributed by atoms with Crippen LogP contribution in [0.3, 0.4) is 0 Å². The summed E-state index contributed by atoms with van der Waals surface area (Å²) in [7, 11) is 0. The topological polar surface area (TPSA) is 73.9 Å². The first-order valence-corrected chi connectivity index (χ1v) is 10.0. The molecule has 0 aliphatic carbocycles. The summed E-state index contributed by atoms with van der Waals surface area (Å²) in [5.41, 5.74) is 1.43. The minimum absolute atomic E-state index is 0.137. The molecule has 7 heteroatoms. The molecule has 1 fully saturated rings. The summed E-state index contributed by atoms with van der Waals surface area (Å²) in [5.74, 6) is -0.232. The summed E-state index contributed by atoms with van der Waals surface area (Å²) in [6.07, 6.45) is 2.88. The zero-order valence-electron chi connectivity index (χ0n) is 16.1. The summed E-state index contributed by atoms with van der Waals surface area (Å²) >= 11 is 5.84. The molecule has 6 nitrogen and oxygen atoms in total. The number of hydrogen-bond donors (Lipinski definition) is 1. The first kappa shape index (κ1) is 21.1. The van der Waals surface area contributed by atoms with Crippen molar-refractivity contribution in [3.63, 3.8) is 0 Å². The zero-order valence-corrected chi connectivity index (χ0v) is 16.8. The molecule has 1 aliphatic rings. The van der Waals surface area contributed by atoms with E-state index in [4.69, 9.17) is 25.8 Å². The third-order valence-corrected chi connectivity index (χ3v) is 4.79. The number of carbonyl (C=O) groups is 2. The highest BCUT2D eigenvalue weighted by Gasteiger charge is 2.16. The lowest BCUT2D eigenvalue weighted by Gasteiger charge is -2.11. The van der Waals surface area contributed by atoms with Gasteiger partial charge in [-0.05, 0) is 61.2 Å². The molecule has 1 aliphatic heterocycles. The van der Waals surface area contributed by atoms with Gasteiger partial charge in [-0.3, -0.25) is 4.79 Å². The average Bonchev–Trinajstić information content (AvgIpc) is 3.26. The molecular formula is C22H24ClNO5. The lowest BCUT2D eigenvalue weighted by atomic mass is 10.1. The summed E-state index contributed by atoms with van der Waals surface area (Å²) in [6.45, 7) is 1.42. The molecule has 1 saturated heterocycles. The van der Waals surface area contributed by atoms with E-state index >= 15 is 0 Å². The standard InChI is InChI=1S/C22H24ClNO5/c23-18-7-3-16(4-8-18)11-12-24-21(25)15-29-22(26)17-5-9-19(10-6-17)28-14-20-2-1-13-27-20/h3-10,20H,1-2,11-15H2,(H,24,25)/t20-/m1/s1. The third-order valence-electron chi connectivity index (χ3n) is 4.53. The predicted octanol–water partition coefficient (Wildman–Crippen LogP) is 3.41. The second kappa shape index (κ2) is 10.8. The van der Waals surface area contributed by atoms with Gasteiger partial charge in [0.2, 0.25) is 0 Å². The van der Waals surface area contributed by atoms with Crippen molar-refractivity contribution >= 4 is 23.5 Å². The van der Waals surface area contributed by atoms with Crippen molar-refractivity contribution in [1.29, 1.82) is 0 Å². The van der Waals surface area contributed by atoms with E-state index in [1.165, 1.54) is 0 Å². The lowest BCUT2D eigenvalue weighted by Crippen LogP contribution is -2.30. The Morgan fingerprint density at radius 3 is 2.55 bits per heavy atom. The first-order chi connectivity index (χ1) is 14.1. The van der Waals surface area contributed by atoms with Gasteiger partial charge in [0.25, 0.3) is 5.91 Å².